The van der Waals surface area contributed by atoms with E-state index in [1.165, 1.54) is 11.8 Å². The summed E-state index contributed by atoms with van der Waals surface area (Å²) >= 11 is 0. The Balaban J connectivity index is 1.33. The molecular weight excluding hydrogens is 534 g/mol. The second-order valence-corrected chi connectivity index (χ2v) is 10.5. The zero-order valence-electron chi connectivity index (χ0n) is 24.5. The third-order valence-corrected chi connectivity index (χ3v) is 6.61. The number of fused-ring (bicyclic) bond motifs is 1. The van der Waals surface area contributed by atoms with Gasteiger partial charge in [0.2, 0.25) is 0 Å². The van der Waals surface area contributed by atoms with Crippen molar-refractivity contribution >= 4 is 22.6 Å². The summed E-state index contributed by atoms with van der Waals surface area (Å²) in [6, 6.07) is 16.8. The van der Waals surface area contributed by atoms with E-state index >= 15 is 0 Å². The largest absolute Gasteiger partial charge is 0.493 e. The molecule has 0 saturated heterocycles. The lowest BCUT2D eigenvalue weighted by molar-refractivity contribution is 0.101. The number of rotatable bonds is 9. The number of carbonyl (C=O) groups is 1. The van der Waals surface area contributed by atoms with Gasteiger partial charge in [-0.25, -0.2) is 9.67 Å². The Labute approximate surface area is 244 Å². The molecule has 42 heavy (non-hydrogen) atoms. The number of methoxy groups -OCH3 is 2. The van der Waals surface area contributed by atoms with E-state index in [4.69, 9.17) is 18.9 Å². The maximum atomic E-state index is 13.2. The fourth-order valence-corrected chi connectivity index (χ4v) is 4.38. The molecule has 10 nitrogen and oxygen atoms in total. The number of carbonyl (C=O) groups excluding carboxylic acids is 1. The highest BCUT2D eigenvalue weighted by atomic mass is 16.5. The summed E-state index contributed by atoms with van der Waals surface area (Å²) in [6.07, 6.45) is 4.89. The lowest BCUT2D eigenvalue weighted by Crippen LogP contribution is -2.15. The molecule has 10 heteroatoms. The standard InChI is InChI=1S/C32H33N5O5/c1-7-41-28-19-37(21-10-8-20(9-11-21)32(2,3)4)36-30(28)31(38)35-29-13-12-22(18-34-29)42-25-14-15-33-24-17-27(40-6)26(39-5)16-23(24)25/h8-19H,7H2,1-6H3,(H,34,35,38). The summed E-state index contributed by atoms with van der Waals surface area (Å²) in [5.74, 6) is 2.47. The van der Waals surface area contributed by atoms with Gasteiger partial charge >= 0.3 is 0 Å². The van der Waals surface area contributed by atoms with Gasteiger partial charge in [-0.2, -0.15) is 5.10 Å². The molecule has 0 saturated carbocycles. The molecule has 3 heterocycles. The molecule has 0 spiro atoms. The minimum atomic E-state index is -0.439. The molecule has 0 atom stereocenters. The van der Waals surface area contributed by atoms with E-state index in [0.717, 1.165) is 11.1 Å². The van der Waals surface area contributed by atoms with E-state index in [1.54, 1.807) is 55.6 Å². The van der Waals surface area contributed by atoms with Crippen LogP contribution in [0, 0.1) is 0 Å². The molecule has 1 amide bonds. The highest BCUT2D eigenvalue weighted by Crippen LogP contribution is 2.37. The van der Waals surface area contributed by atoms with Crippen molar-refractivity contribution in [2.45, 2.75) is 33.1 Å². The molecule has 0 unspecified atom stereocenters. The van der Waals surface area contributed by atoms with Crippen molar-refractivity contribution in [3.63, 3.8) is 0 Å². The molecule has 5 rings (SSSR count). The van der Waals surface area contributed by atoms with Crippen molar-refractivity contribution < 1.29 is 23.7 Å². The Morgan fingerprint density at radius 2 is 1.64 bits per heavy atom. The number of nitrogens with one attached hydrogen (secondary N) is 1. The van der Waals surface area contributed by atoms with Crippen molar-refractivity contribution in [2.24, 2.45) is 0 Å². The van der Waals surface area contributed by atoms with Crippen LogP contribution in [-0.4, -0.2) is 46.5 Å². The van der Waals surface area contributed by atoms with Gasteiger partial charge < -0.3 is 24.3 Å². The van der Waals surface area contributed by atoms with Gasteiger partial charge in [-0.05, 0) is 54.3 Å². The molecule has 216 valence electrons. The maximum Gasteiger partial charge on any atom is 0.281 e. The summed E-state index contributed by atoms with van der Waals surface area (Å²) in [7, 11) is 3.15. The van der Waals surface area contributed by atoms with Gasteiger partial charge in [-0.15, -0.1) is 0 Å². The highest BCUT2D eigenvalue weighted by molar-refractivity contribution is 6.04. The predicted octanol–water partition coefficient (Wildman–Crippen LogP) is 6.57. The van der Waals surface area contributed by atoms with E-state index in [9.17, 15) is 4.79 Å². The van der Waals surface area contributed by atoms with Crippen LogP contribution < -0.4 is 24.3 Å². The number of pyridine rings is 2. The van der Waals surface area contributed by atoms with Crippen LogP contribution in [0.1, 0.15) is 43.7 Å². The lowest BCUT2D eigenvalue weighted by Gasteiger charge is -2.19. The first-order chi connectivity index (χ1) is 20.2. The Morgan fingerprint density at radius 3 is 2.29 bits per heavy atom. The summed E-state index contributed by atoms with van der Waals surface area (Å²) in [6.45, 7) is 8.73. The average Bonchev–Trinajstić information content (AvgIpc) is 3.41. The molecule has 0 aliphatic rings. The minimum Gasteiger partial charge on any atom is -0.493 e. The number of hydrogen-bond acceptors (Lipinski definition) is 8. The van der Waals surface area contributed by atoms with Crippen LogP contribution in [-0.2, 0) is 5.41 Å². The fourth-order valence-electron chi connectivity index (χ4n) is 4.38. The number of aromatic nitrogens is 4. The summed E-state index contributed by atoms with van der Waals surface area (Å²) in [5, 5.41) is 8.06. The number of anilines is 1. The van der Waals surface area contributed by atoms with Crippen molar-refractivity contribution in [2.75, 3.05) is 26.1 Å². The molecule has 0 radical (unpaired) electrons. The van der Waals surface area contributed by atoms with Crippen LogP contribution in [0.15, 0.2) is 73.2 Å². The van der Waals surface area contributed by atoms with Crippen molar-refractivity contribution in [1.29, 1.82) is 0 Å². The minimum absolute atomic E-state index is 0.0333. The van der Waals surface area contributed by atoms with E-state index < -0.39 is 5.91 Å². The molecule has 1 N–H and O–H groups in total. The molecule has 0 fully saturated rings. The monoisotopic (exact) mass is 567 g/mol. The average molecular weight is 568 g/mol. The van der Waals surface area contributed by atoms with E-state index in [-0.39, 0.29) is 11.1 Å². The number of benzene rings is 2. The third kappa shape index (κ3) is 5.97. The van der Waals surface area contributed by atoms with Crippen LogP contribution in [0.2, 0.25) is 0 Å². The van der Waals surface area contributed by atoms with Gasteiger partial charge in [0, 0.05) is 17.6 Å². The van der Waals surface area contributed by atoms with Crippen molar-refractivity contribution in [1.82, 2.24) is 19.7 Å². The smallest absolute Gasteiger partial charge is 0.281 e. The molecule has 3 aromatic heterocycles. The van der Waals surface area contributed by atoms with Gasteiger partial charge in [-0.1, -0.05) is 32.9 Å². The van der Waals surface area contributed by atoms with Crippen LogP contribution in [0.5, 0.6) is 28.7 Å². The lowest BCUT2D eigenvalue weighted by atomic mass is 9.87. The molecule has 0 aliphatic carbocycles. The first kappa shape index (κ1) is 28.4. The molecule has 2 aromatic carbocycles. The Kier molecular flexibility index (Phi) is 7.97. The van der Waals surface area contributed by atoms with Crippen LogP contribution in [0.4, 0.5) is 5.82 Å². The number of amides is 1. The quantitative estimate of drug-likeness (QED) is 0.213. The van der Waals surface area contributed by atoms with Gasteiger partial charge in [0.05, 0.1) is 44.4 Å². The number of ether oxygens (including phenoxy) is 4. The summed E-state index contributed by atoms with van der Waals surface area (Å²) in [5.41, 5.74) is 2.91. The van der Waals surface area contributed by atoms with E-state index in [0.29, 0.717) is 46.7 Å². The second kappa shape index (κ2) is 11.8. The van der Waals surface area contributed by atoms with Crippen molar-refractivity contribution in [3.8, 4) is 34.4 Å². The predicted molar refractivity (Wildman–Crippen MR) is 161 cm³/mol. The Morgan fingerprint density at radius 1 is 0.905 bits per heavy atom. The second-order valence-electron chi connectivity index (χ2n) is 10.5. The summed E-state index contributed by atoms with van der Waals surface area (Å²) < 4.78 is 24.3. The fraction of sp³-hybridized carbons (Fsp3) is 0.250. The first-order valence-electron chi connectivity index (χ1n) is 13.5. The number of hydrogen-bond donors (Lipinski definition) is 1. The normalized spacial score (nSPS) is 11.3. The molecule has 0 bridgehead atoms. The highest BCUT2D eigenvalue weighted by Gasteiger charge is 2.20. The van der Waals surface area contributed by atoms with Gasteiger partial charge in [-0.3, -0.25) is 9.78 Å². The zero-order valence-corrected chi connectivity index (χ0v) is 24.5. The van der Waals surface area contributed by atoms with E-state index in [2.05, 4.69) is 53.3 Å². The van der Waals surface area contributed by atoms with Crippen LogP contribution in [0.25, 0.3) is 16.6 Å². The van der Waals surface area contributed by atoms with Gasteiger partial charge in [0.1, 0.15) is 17.3 Å². The van der Waals surface area contributed by atoms with E-state index in [1.807, 2.05) is 25.1 Å². The first-order valence-corrected chi connectivity index (χ1v) is 13.5. The molecule has 5 aromatic rings. The Hall–Kier alpha value is -5.12. The molecular formula is C32H33N5O5. The molecule has 0 aliphatic heterocycles. The summed E-state index contributed by atoms with van der Waals surface area (Å²) in [4.78, 5) is 22.0. The van der Waals surface area contributed by atoms with Crippen LogP contribution >= 0.6 is 0 Å². The topological polar surface area (TPSA) is 110 Å². The third-order valence-electron chi connectivity index (χ3n) is 6.61. The Bertz CT molecular complexity index is 1710. The SMILES string of the molecule is CCOc1cn(-c2ccc(C(C)(C)C)cc2)nc1C(=O)Nc1ccc(Oc2ccnc3cc(OC)c(OC)cc23)cn1. The van der Waals surface area contributed by atoms with Crippen LogP contribution in [0.3, 0.4) is 0 Å². The zero-order chi connectivity index (χ0) is 29.9. The van der Waals surface area contributed by atoms with Crippen molar-refractivity contribution in [3.05, 3.63) is 84.4 Å². The maximum absolute atomic E-state index is 13.2. The van der Waals surface area contributed by atoms with Gasteiger partial charge in [0.25, 0.3) is 5.91 Å². The van der Waals surface area contributed by atoms with Gasteiger partial charge in [0.15, 0.2) is 22.9 Å². The number of nitrogens with zero attached hydrogens (tertiary/aromatic N) is 4.